The van der Waals surface area contributed by atoms with Crippen molar-refractivity contribution in [1.82, 2.24) is 24.3 Å². The normalized spacial score (nSPS) is 16.5. The van der Waals surface area contributed by atoms with Crippen molar-refractivity contribution < 1.29 is 4.79 Å². The molecule has 4 heterocycles. The van der Waals surface area contributed by atoms with Crippen molar-refractivity contribution >= 4 is 23.1 Å². The SMILES string of the molecule is CCCc1ccnc(NC(=O)c2ccc(-c3nc(C4CCCCN4C)n4ccnc(N)c34)cc2)c1. The Morgan fingerprint density at radius 1 is 1.14 bits per heavy atom. The standard InChI is InChI=1S/C27H31N7O/c1-3-6-18-12-13-29-22(17-18)31-27(35)20-10-8-19(9-11-20)23-24-25(28)30-14-16-34(24)26(32-23)21-7-4-5-15-33(21)2/h8-14,16-17,21H,3-7,15H2,1-2H3,(H2,28,30)(H,29,31,35). The number of nitrogen functional groups attached to an aromatic ring is 1. The number of benzene rings is 1. The molecule has 0 spiro atoms. The Labute approximate surface area is 205 Å². The van der Waals surface area contributed by atoms with Crippen LogP contribution in [-0.4, -0.2) is 43.8 Å². The fourth-order valence-corrected chi connectivity index (χ4v) is 4.88. The first-order valence-electron chi connectivity index (χ1n) is 12.2. The van der Waals surface area contributed by atoms with E-state index in [0.717, 1.165) is 54.0 Å². The van der Waals surface area contributed by atoms with Gasteiger partial charge in [-0.05, 0) is 62.7 Å². The summed E-state index contributed by atoms with van der Waals surface area (Å²) in [7, 11) is 2.15. The number of amides is 1. The molecule has 1 amide bonds. The van der Waals surface area contributed by atoms with E-state index in [1.807, 2.05) is 42.6 Å². The number of nitrogens with one attached hydrogen (secondary N) is 1. The van der Waals surface area contributed by atoms with E-state index in [-0.39, 0.29) is 11.9 Å². The van der Waals surface area contributed by atoms with Gasteiger partial charge < -0.3 is 11.1 Å². The van der Waals surface area contributed by atoms with Crippen LogP contribution in [0, 0.1) is 0 Å². The Hall–Kier alpha value is -3.78. The number of piperidine rings is 1. The molecule has 1 fully saturated rings. The molecule has 180 valence electrons. The van der Waals surface area contributed by atoms with Crippen LogP contribution in [0.2, 0.25) is 0 Å². The second-order valence-electron chi connectivity index (χ2n) is 9.17. The summed E-state index contributed by atoms with van der Waals surface area (Å²) >= 11 is 0. The van der Waals surface area contributed by atoms with Crippen LogP contribution in [0.15, 0.2) is 55.0 Å². The first kappa shape index (κ1) is 23.0. The smallest absolute Gasteiger partial charge is 0.256 e. The van der Waals surface area contributed by atoms with E-state index in [2.05, 4.69) is 38.6 Å². The number of pyridine rings is 1. The van der Waals surface area contributed by atoms with Gasteiger partial charge in [-0.1, -0.05) is 31.9 Å². The molecule has 3 aromatic heterocycles. The lowest BCUT2D eigenvalue weighted by atomic mass is 10.0. The van der Waals surface area contributed by atoms with Crippen LogP contribution in [-0.2, 0) is 6.42 Å². The monoisotopic (exact) mass is 469 g/mol. The van der Waals surface area contributed by atoms with Gasteiger partial charge in [0.25, 0.3) is 5.91 Å². The average molecular weight is 470 g/mol. The number of carbonyl (C=O) groups excluding carboxylic acids is 1. The van der Waals surface area contributed by atoms with Gasteiger partial charge in [0.15, 0.2) is 0 Å². The molecule has 1 unspecified atom stereocenters. The number of hydrogen-bond donors (Lipinski definition) is 2. The number of likely N-dealkylation sites (tertiary alicyclic amines) is 1. The molecule has 3 N–H and O–H groups in total. The van der Waals surface area contributed by atoms with Crippen LogP contribution < -0.4 is 11.1 Å². The Morgan fingerprint density at radius 3 is 2.74 bits per heavy atom. The molecule has 1 aromatic carbocycles. The number of carbonyl (C=O) groups is 1. The number of anilines is 2. The van der Waals surface area contributed by atoms with Crippen LogP contribution in [0.5, 0.6) is 0 Å². The summed E-state index contributed by atoms with van der Waals surface area (Å²) < 4.78 is 2.07. The highest BCUT2D eigenvalue weighted by atomic mass is 16.1. The maximum absolute atomic E-state index is 12.8. The second kappa shape index (κ2) is 9.84. The van der Waals surface area contributed by atoms with E-state index in [1.165, 1.54) is 12.8 Å². The molecule has 1 saturated heterocycles. The molecule has 0 radical (unpaired) electrons. The predicted octanol–water partition coefficient (Wildman–Crippen LogP) is 4.74. The van der Waals surface area contributed by atoms with Gasteiger partial charge in [-0.2, -0.15) is 0 Å². The molecule has 4 aromatic rings. The zero-order chi connectivity index (χ0) is 24.4. The zero-order valence-electron chi connectivity index (χ0n) is 20.2. The van der Waals surface area contributed by atoms with Crippen LogP contribution in [0.3, 0.4) is 0 Å². The number of aryl methyl sites for hydroxylation is 1. The lowest BCUT2D eigenvalue weighted by molar-refractivity contribution is 0.102. The van der Waals surface area contributed by atoms with Crippen LogP contribution in [0.25, 0.3) is 16.8 Å². The molecule has 0 aliphatic carbocycles. The number of hydrogen-bond acceptors (Lipinski definition) is 6. The van der Waals surface area contributed by atoms with E-state index < -0.39 is 0 Å². The number of rotatable bonds is 6. The third kappa shape index (κ3) is 4.61. The van der Waals surface area contributed by atoms with Crippen molar-refractivity contribution in [3.63, 3.8) is 0 Å². The molecule has 35 heavy (non-hydrogen) atoms. The molecular formula is C27H31N7O. The average Bonchev–Trinajstić information content (AvgIpc) is 3.26. The van der Waals surface area contributed by atoms with Crippen molar-refractivity contribution in [1.29, 1.82) is 0 Å². The van der Waals surface area contributed by atoms with Gasteiger partial charge in [-0.15, -0.1) is 0 Å². The number of fused-ring (bicyclic) bond motifs is 1. The first-order valence-corrected chi connectivity index (χ1v) is 12.2. The van der Waals surface area contributed by atoms with Crippen LogP contribution >= 0.6 is 0 Å². The fourth-order valence-electron chi connectivity index (χ4n) is 4.88. The summed E-state index contributed by atoms with van der Waals surface area (Å²) in [6.07, 6.45) is 10.8. The van der Waals surface area contributed by atoms with E-state index in [1.54, 1.807) is 12.4 Å². The van der Waals surface area contributed by atoms with Crippen molar-refractivity contribution in [3.8, 4) is 11.3 Å². The van der Waals surface area contributed by atoms with E-state index in [9.17, 15) is 4.79 Å². The number of nitrogens with two attached hydrogens (primary N) is 1. The molecule has 1 atom stereocenters. The first-order chi connectivity index (χ1) is 17.0. The Bertz CT molecular complexity index is 1350. The third-order valence-electron chi connectivity index (χ3n) is 6.70. The predicted molar refractivity (Wildman–Crippen MR) is 138 cm³/mol. The summed E-state index contributed by atoms with van der Waals surface area (Å²) in [5.74, 6) is 1.79. The van der Waals surface area contributed by atoms with Gasteiger partial charge in [0.05, 0.1) is 6.04 Å². The summed E-state index contributed by atoms with van der Waals surface area (Å²) in [4.78, 5) is 28.8. The molecule has 8 heteroatoms. The highest BCUT2D eigenvalue weighted by molar-refractivity contribution is 6.04. The van der Waals surface area contributed by atoms with Crippen molar-refractivity contribution in [2.24, 2.45) is 0 Å². The molecule has 0 saturated carbocycles. The lowest BCUT2D eigenvalue weighted by Gasteiger charge is -2.31. The van der Waals surface area contributed by atoms with Gasteiger partial charge in [-0.3, -0.25) is 14.1 Å². The largest absolute Gasteiger partial charge is 0.382 e. The van der Waals surface area contributed by atoms with E-state index in [4.69, 9.17) is 10.7 Å². The number of nitrogens with zero attached hydrogens (tertiary/aromatic N) is 5. The van der Waals surface area contributed by atoms with E-state index >= 15 is 0 Å². The van der Waals surface area contributed by atoms with Gasteiger partial charge >= 0.3 is 0 Å². The molecular weight excluding hydrogens is 438 g/mol. The molecule has 1 aliphatic heterocycles. The van der Waals surface area contributed by atoms with Gasteiger partial charge in [0.1, 0.15) is 28.7 Å². The molecule has 1 aliphatic rings. The molecule has 5 rings (SSSR count). The van der Waals surface area contributed by atoms with Crippen LogP contribution in [0.4, 0.5) is 11.6 Å². The molecule has 0 bridgehead atoms. The van der Waals surface area contributed by atoms with E-state index in [0.29, 0.717) is 17.2 Å². The second-order valence-corrected chi connectivity index (χ2v) is 9.17. The topological polar surface area (TPSA) is 101 Å². The highest BCUT2D eigenvalue weighted by Gasteiger charge is 2.27. The summed E-state index contributed by atoms with van der Waals surface area (Å²) in [6.45, 7) is 3.18. The Morgan fingerprint density at radius 2 is 1.97 bits per heavy atom. The highest BCUT2D eigenvalue weighted by Crippen LogP contribution is 2.35. The summed E-state index contributed by atoms with van der Waals surface area (Å²) in [6, 6.07) is 11.6. The Kier molecular flexibility index (Phi) is 6.46. The zero-order valence-corrected chi connectivity index (χ0v) is 20.2. The van der Waals surface area contributed by atoms with Crippen molar-refractivity contribution in [2.75, 3.05) is 24.6 Å². The van der Waals surface area contributed by atoms with Crippen molar-refractivity contribution in [2.45, 2.75) is 45.1 Å². The summed E-state index contributed by atoms with van der Waals surface area (Å²) in [5.41, 5.74) is 10.5. The quantitative estimate of drug-likeness (QED) is 0.423. The maximum Gasteiger partial charge on any atom is 0.256 e. The van der Waals surface area contributed by atoms with Gasteiger partial charge in [0.2, 0.25) is 0 Å². The minimum Gasteiger partial charge on any atom is -0.382 e. The number of imidazole rings is 1. The maximum atomic E-state index is 12.8. The number of aromatic nitrogens is 4. The lowest BCUT2D eigenvalue weighted by Crippen LogP contribution is -2.30. The fraction of sp³-hybridized carbons (Fsp3) is 0.333. The third-order valence-corrected chi connectivity index (χ3v) is 6.70. The van der Waals surface area contributed by atoms with Crippen molar-refractivity contribution in [3.05, 3.63) is 71.9 Å². The summed E-state index contributed by atoms with van der Waals surface area (Å²) in [5, 5.41) is 2.90. The van der Waals surface area contributed by atoms with Gasteiger partial charge in [0, 0.05) is 29.7 Å². The molecule has 8 nitrogen and oxygen atoms in total. The van der Waals surface area contributed by atoms with Gasteiger partial charge in [-0.25, -0.2) is 15.0 Å². The van der Waals surface area contributed by atoms with Crippen LogP contribution in [0.1, 0.15) is 60.4 Å². The minimum atomic E-state index is -0.196. The Balaban J connectivity index is 1.44. The minimum absolute atomic E-state index is 0.196.